The third-order valence-corrected chi connectivity index (χ3v) is 4.01. The van der Waals surface area contributed by atoms with Gasteiger partial charge in [-0.2, -0.15) is 0 Å². The Balaban J connectivity index is 2.00. The monoisotopic (exact) mass is 339 g/mol. The third-order valence-electron chi connectivity index (χ3n) is 4.01. The number of nitrogens with zero attached hydrogens (tertiary/aromatic N) is 2. The van der Waals surface area contributed by atoms with Gasteiger partial charge in [-0.15, -0.1) is 0 Å². The average Bonchev–Trinajstić information content (AvgIpc) is 2.64. The van der Waals surface area contributed by atoms with Crippen LogP contribution in [-0.2, 0) is 6.54 Å². The number of unbranched alkanes of at least 4 members (excludes halogenated alkanes) is 1. The van der Waals surface area contributed by atoms with E-state index in [9.17, 15) is 9.59 Å². The second-order valence-corrected chi connectivity index (χ2v) is 6.18. The number of aromatic nitrogens is 1. The smallest absolute Gasteiger partial charge is 0.272 e. The summed E-state index contributed by atoms with van der Waals surface area (Å²) in [6.45, 7) is 5.23. The second-order valence-electron chi connectivity index (χ2n) is 6.18. The molecule has 5 nitrogen and oxygen atoms in total. The van der Waals surface area contributed by atoms with Gasteiger partial charge in [-0.3, -0.25) is 14.6 Å². The molecule has 0 bridgehead atoms. The van der Waals surface area contributed by atoms with Crippen LogP contribution in [0.2, 0.25) is 0 Å². The van der Waals surface area contributed by atoms with Crippen LogP contribution < -0.4 is 5.32 Å². The molecular weight excluding hydrogens is 314 g/mol. The fraction of sp³-hybridized carbons (Fsp3) is 0.350. The van der Waals surface area contributed by atoms with E-state index in [1.807, 2.05) is 31.2 Å². The van der Waals surface area contributed by atoms with Crippen molar-refractivity contribution in [3.05, 3.63) is 65.0 Å². The highest BCUT2D eigenvalue weighted by Crippen LogP contribution is 2.07. The van der Waals surface area contributed by atoms with Crippen molar-refractivity contribution in [3.63, 3.8) is 0 Å². The minimum atomic E-state index is -0.215. The molecule has 5 heteroatoms. The van der Waals surface area contributed by atoms with E-state index in [1.54, 1.807) is 24.1 Å². The molecule has 2 amide bonds. The van der Waals surface area contributed by atoms with E-state index in [0.29, 0.717) is 24.3 Å². The van der Waals surface area contributed by atoms with E-state index >= 15 is 0 Å². The van der Waals surface area contributed by atoms with Crippen LogP contribution in [0, 0.1) is 6.92 Å². The largest absolute Gasteiger partial charge is 0.348 e. The van der Waals surface area contributed by atoms with E-state index in [1.165, 1.54) is 11.8 Å². The summed E-state index contributed by atoms with van der Waals surface area (Å²) in [5, 5.41) is 2.87. The van der Waals surface area contributed by atoms with Crippen LogP contribution in [0.4, 0.5) is 0 Å². The number of hydrogen-bond donors (Lipinski definition) is 1. The molecule has 0 aliphatic carbocycles. The van der Waals surface area contributed by atoms with Crippen molar-refractivity contribution in [1.82, 2.24) is 15.2 Å². The third kappa shape index (κ3) is 5.41. The first-order chi connectivity index (χ1) is 12.0. The molecule has 25 heavy (non-hydrogen) atoms. The standard InChI is InChI=1S/C20H25N3O2/c1-4-5-12-23(3)20(25)18-13-17(10-11-21-18)19(24)22-14-16-8-6-15(2)7-9-16/h6-11,13H,4-5,12,14H2,1-3H3,(H,22,24). The Morgan fingerprint density at radius 1 is 1.16 bits per heavy atom. The molecule has 0 saturated heterocycles. The molecule has 0 radical (unpaired) electrons. The number of rotatable bonds is 7. The van der Waals surface area contributed by atoms with Crippen molar-refractivity contribution >= 4 is 11.8 Å². The molecule has 2 rings (SSSR count). The van der Waals surface area contributed by atoms with Gasteiger partial charge < -0.3 is 10.2 Å². The zero-order valence-corrected chi connectivity index (χ0v) is 15.1. The lowest BCUT2D eigenvalue weighted by Crippen LogP contribution is -2.29. The fourth-order valence-electron chi connectivity index (χ4n) is 2.37. The van der Waals surface area contributed by atoms with Gasteiger partial charge in [0.05, 0.1) is 0 Å². The Morgan fingerprint density at radius 3 is 2.56 bits per heavy atom. The summed E-state index contributed by atoms with van der Waals surface area (Å²) < 4.78 is 0. The zero-order valence-electron chi connectivity index (χ0n) is 15.1. The van der Waals surface area contributed by atoms with Crippen molar-refractivity contribution in [2.75, 3.05) is 13.6 Å². The van der Waals surface area contributed by atoms with Gasteiger partial charge >= 0.3 is 0 Å². The molecule has 1 heterocycles. The molecule has 0 aliphatic rings. The summed E-state index contributed by atoms with van der Waals surface area (Å²) in [5.41, 5.74) is 2.94. The minimum Gasteiger partial charge on any atom is -0.348 e. The number of pyridine rings is 1. The Bertz CT molecular complexity index is 726. The first kappa shape index (κ1) is 18.6. The number of carbonyl (C=O) groups is 2. The summed E-state index contributed by atoms with van der Waals surface area (Å²) in [5.74, 6) is -0.380. The Morgan fingerprint density at radius 2 is 1.88 bits per heavy atom. The number of hydrogen-bond acceptors (Lipinski definition) is 3. The van der Waals surface area contributed by atoms with Crippen LogP contribution in [0.25, 0.3) is 0 Å². The van der Waals surface area contributed by atoms with E-state index in [2.05, 4.69) is 17.2 Å². The molecule has 0 atom stereocenters. The molecular formula is C20H25N3O2. The van der Waals surface area contributed by atoms with Gasteiger partial charge in [0.25, 0.3) is 11.8 Å². The van der Waals surface area contributed by atoms with E-state index in [0.717, 1.165) is 18.4 Å². The predicted octanol–water partition coefficient (Wildman–Crippen LogP) is 3.19. The molecule has 0 fully saturated rings. The molecule has 0 unspecified atom stereocenters. The molecule has 1 aromatic heterocycles. The maximum atomic E-state index is 12.4. The maximum Gasteiger partial charge on any atom is 0.272 e. The summed E-state index contributed by atoms with van der Waals surface area (Å²) in [4.78, 5) is 30.5. The topological polar surface area (TPSA) is 62.3 Å². The highest BCUT2D eigenvalue weighted by Gasteiger charge is 2.15. The zero-order chi connectivity index (χ0) is 18.2. The van der Waals surface area contributed by atoms with Crippen molar-refractivity contribution in [3.8, 4) is 0 Å². The maximum absolute atomic E-state index is 12.4. The van der Waals surface area contributed by atoms with Crippen LogP contribution in [0.3, 0.4) is 0 Å². The number of carbonyl (C=O) groups excluding carboxylic acids is 2. The van der Waals surface area contributed by atoms with Gasteiger partial charge in [0.1, 0.15) is 5.69 Å². The van der Waals surface area contributed by atoms with Crippen molar-refractivity contribution in [2.45, 2.75) is 33.2 Å². The van der Waals surface area contributed by atoms with Gasteiger partial charge in [0, 0.05) is 31.9 Å². The predicted molar refractivity (Wildman–Crippen MR) is 98.5 cm³/mol. The lowest BCUT2D eigenvalue weighted by molar-refractivity contribution is 0.0787. The van der Waals surface area contributed by atoms with Crippen LogP contribution in [0.15, 0.2) is 42.6 Å². The molecule has 0 saturated carbocycles. The van der Waals surface area contributed by atoms with Crippen molar-refractivity contribution in [2.24, 2.45) is 0 Å². The lowest BCUT2D eigenvalue weighted by atomic mass is 10.1. The average molecular weight is 339 g/mol. The van der Waals surface area contributed by atoms with Crippen molar-refractivity contribution < 1.29 is 9.59 Å². The highest BCUT2D eigenvalue weighted by molar-refractivity contribution is 5.98. The lowest BCUT2D eigenvalue weighted by Gasteiger charge is -2.16. The summed E-state index contributed by atoms with van der Waals surface area (Å²) in [6, 6.07) is 11.2. The van der Waals surface area contributed by atoms with E-state index in [-0.39, 0.29) is 11.8 Å². The second kappa shape index (κ2) is 8.97. The number of nitrogens with one attached hydrogen (secondary N) is 1. The van der Waals surface area contributed by atoms with Gasteiger partial charge in [-0.1, -0.05) is 43.2 Å². The molecule has 132 valence electrons. The Hall–Kier alpha value is -2.69. The summed E-state index contributed by atoms with van der Waals surface area (Å²) in [7, 11) is 1.75. The van der Waals surface area contributed by atoms with Gasteiger partial charge in [0.15, 0.2) is 0 Å². The van der Waals surface area contributed by atoms with Crippen molar-refractivity contribution in [1.29, 1.82) is 0 Å². The van der Waals surface area contributed by atoms with Crippen LogP contribution in [0.5, 0.6) is 0 Å². The molecule has 2 aromatic rings. The molecule has 1 N–H and O–H groups in total. The Kier molecular flexibility index (Phi) is 6.69. The molecule has 0 aliphatic heterocycles. The SMILES string of the molecule is CCCCN(C)C(=O)c1cc(C(=O)NCc2ccc(C)cc2)ccn1. The number of amides is 2. The number of aryl methyl sites for hydroxylation is 1. The minimum absolute atomic E-state index is 0.165. The van der Waals surface area contributed by atoms with Gasteiger partial charge in [-0.25, -0.2) is 0 Å². The highest BCUT2D eigenvalue weighted by atomic mass is 16.2. The molecule has 1 aromatic carbocycles. The normalized spacial score (nSPS) is 10.4. The first-order valence-corrected chi connectivity index (χ1v) is 8.56. The van der Waals surface area contributed by atoms with Gasteiger partial charge in [-0.05, 0) is 31.0 Å². The van der Waals surface area contributed by atoms with Gasteiger partial charge in [0.2, 0.25) is 0 Å². The number of benzene rings is 1. The van der Waals surface area contributed by atoms with E-state index in [4.69, 9.17) is 0 Å². The van der Waals surface area contributed by atoms with Crippen LogP contribution in [-0.4, -0.2) is 35.3 Å². The first-order valence-electron chi connectivity index (χ1n) is 8.56. The van der Waals surface area contributed by atoms with Crippen LogP contribution >= 0.6 is 0 Å². The summed E-state index contributed by atoms with van der Waals surface area (Å²) >= 11 is 0. The summed E-state index contributed by atoms with van der Waals surface area (Å²) in [6.07, 6.45) is 3.47. The fourth-order valence-corrected chi connectivity index (χ4v) is 2.37. The van der Waals surface area contributed by atoms with Crippen LogP contribution in [0.1, 0.15) is 51.7 Å². The molecule has 0 spiro atoms. The quantitative estimate of drug-likeness (QED) is 0.842. The van der Waals surface area contributed by atoms with E-state index < -0.39 is 0 Å². The Labute approximate surface area is 149 Å².